The van der Waals surface area contributed by atoms with Gasteiger partial charge in [0.25, 0.3) is 0 Å². The van der Waals surface area contributed by atoms with Crippen LogP contribution in [0.3, 0.4) is 0 Å². The maximum atomic E-state index is 8.45. The van der Waals surface area contributed by atoms with E-state index in [4.69, 9.17) is 10.5 Å². The molecule has 0 aliphatic carbocycles. The third-order valence-electron chi connectivity index (χ3n) is 1.17. The lowest BCUT2D eigenvalue weighted by Crippen LogP contribution is -1.79. The summed E-state index contributed by atoms with van der Waals surface area (Å²) in [7, 11) is 0. The summed E-state index contributed by atoms with van der Waals surface area (Å²) in [5.74, 6) is 0. The summed E-state index contributed by atoms with van der Waals surface area (Å²) in [6.45, 7) is 0. The van der Waals surface area contributed by atoms with Crippen molar-refractivity contribution >= 4 is 0 Å². The fraction of sp³-hybridized carbons (Fsp3) is 0.111. The number of hydrogen-bond acceptors (Lipinski definition) is 2. The maximum absolute atomic E-state index is 8.45. The molecule has 0 spiro atoms. The Balaban J connectivity index is 0.000001000. The Labute approximate surface area is 66.3 Å². The molecule has 0 amide bonds. The number of rotatable bonds is 0. The van der Waals surface area contributed by atoms with Gasteiger partial charge in [-0.05, 0) is 12.1 Å². The second-order valence-corrected chi connectivity index (χ2v) is 1.77. The lowest BCUT2D eigenvalue weighted by molar-refractivity contribution is 1.43. The largest absolute Gasteiger partial charge is 0.192 e. The summed E-state index contributed by atoms with van der Waals surface area (Å²) in [4.78, 5) is 0. The van der Waals surface area contributed by atoms with Crippen LogP contribution in [0.25, 0.3) is 0 Å². The zero-order valence-corrected chi connectivity index (χ0v) is 5.20. The third-order valence-corrected chi connectivity index (χ3v) is 1.17. The van der Waals surface area contributed by atoms with Crippen LogP contribution in [-0.4, -0.2) is 0 Å². The van der Waals surface area contributed by atoms with Gasteiger partial charge in [0.1, 0.15) is 12.1 Å². The highest BCUT2D eigenvalue weighted by Gasteiger charge is 1.95. The van der Waals surface area contributed by atoms with Crippen LogP contribution >= 0.6 is 0 Å². The van der Waals surface area contributed by atoms with Gasteiger partial charge in [0.15, 0.2) is 0 Å². The lowest BCUT2D eigenvalue weighted by Gasteiger charge is -1.88. The zero-order valence-electron chi connectivity index (χ0n) is 5.20. The van der Waals surface area contributed by atoms with Crippen molar-refractivity contribution in [1.82, 2.24) is 0 Å². The first kappa shape index (κ1) is 9.20. The molecular formula is C9H8N2. The van der Waals surface area contributed by atoms with Crippen LogP contribution in [0.15, 0.2) is 24.3 Å². The van der Waals surface area contributed by atoms with Gasteiger partial charge < -0.3 is 0 Å². The molecule has 54 valence electrons. The molecule has 0 aromatic heterocycles. The second kappa shape index (κ2) is 4.09. The van der Waals surface area contributed by atoms with Crippen LogP contribution in [0, 0.1) is 22.7 Å². The fourth-order valence-corrected chi connectivity index (χ4v) is 0.678. The SMILES string of the molecule is C.N#Cc1ccccc1C#N. The summed E-state index contributed by atoms with van der Waals surface area (Å²) in [6.07, 6.45) is 0. The highest BCUT2D eigenvalue weighted by Crippen LogP contribution is 2.03. The van der Waals surface area contributed by atoms with Gasteiger partial charge in [-0.3, -0.25) is 0 Å². The van der Waals surface area contributed by atoms with Crippen molar-refractivity contribution in [2.75, 3.05) is 0 Å². The number of nitriles is 2. The number of benzene rings is 1. The Morgan fingerprint density at radius 2 is 1.27 bits per heavy atom. The minimum atomic E-state index is 0. The molecule has 0 fully saturated rings. The average Bonchev–Trinajstić information content (AvgIpc) is 2.04. The molecule has 0 bridgehead atoms. The van der Waals surface area contributed by atoms with Crippen molar-refractivity contribution in [1.29, 1.82) is 10.5 Å². The van der Waals surface area contributed by atoms with E-state index in [1.54, 1.807) is 24.3 Å². The summed E-state index contributed by atoms with van der Waals surface area (Å²) in [5.41, 5.74) is 0.870. The normalized spacial score (nSPS) is 7.09. The average molecular weight is 144 g/mol. The Kier molecular flexibility index (Phi) is 3.42. The topological polar surface area (TPSA) is 47.6 Å². The van der Waals surface area contributed by atoms with Crippen LogP contribution in [0.5, 0.6) is 0 Å². The molecule has 2 heteroatoms. The molecule has 0 aliphatic heterocycles. The Bertz CT molecular complexity index is 282. The third kappa shape index (κ3) is 1.81. The standard InChI is InChI=1S/C8H4N2.CH4/c9-5-7-3-1-2-4-8(7)6-10;/h1-4H;1H4. The van der Waals surface area contributed by atoms with Crippen molar-refractivity contribution in [3.05, 3.63) is 35.4 Å². The zero-order chi connectivity index (χ0) is 7.40. The van der Waals surface area contributed by atoms with Gasteiger partial charge in [-0.15, -0.1) is 0 Å². The summed E-state index contributed by atoms with van der Waals surface area (Å²) in [6, 6.07) is 10.6. The molecule has 2 nitrogen and oxygen atoms in total. The van der Waals surface area contributed by atoms with Crippen LogP contribution in [-0.2, 0) is 0 Å². The summed E-state index contributed by atoms with van der Waals surface area (Å²) >= 11 is 0. The van der Waals surface area contributed by atoms with Gasteiger partial charge in [0.05, 0.1) is 11.1 Å². The Morgan fingerprint density at radius 3 is 1.55 bits per heavy atom. The highest BCUT2D eigenvalue weighted by molar-refractivity contribution is 5.44. The second-order valence-electron chi connectivity index (χ2n) is 1.77. The van der Waals surface area contributed by atoms with Gasteiger partial charge in [-0.25, -0.2) is 0 Å². The molecule has 1 aromatic rings. The van der Waals surface area contributed by atoms with Crippen LogP contribution in [0.2, 0.25) is 0 Å². The van der Waals surface area contributed by atoms with E-state index in [-0.39, 0.29) is 7.43 Å². The molecule has 1 rings (SSSR count). The maximum Gasteiger partial charge on any atom is 0.101 e. The molecular weight excluding hydrogens is 136 g/mol. The van der Waals surface area contributed by atoms with E-state index in [2.05, 4.69) is 0 Å². The fourth-order valence-electron chi connectivity index (χ4n) is 0.678. The van der Waals surface area contributed by atoms with Gasteiger partial charge in [0, 0.05) is 0 Å². The highest BCUT2D eigenvalue weighted by atomic mass is 14.3. The van der Waals surface area contributed by atoms with E-state index in [0.29, 0.717) is 11.1 Å². The molecule has 0 saturated heterocycles. The van der Waals surface area contributed by atoms with Gasteiger partial charge >= 0.3 is 0 Å². The molecule has 11 heavy (non-hydrogen) atoms. The monoisotopic (exact) mass is 144 g/mol. The Morgan fingerprint density at radius 1 is 0.909 bits per heavy atom. The minimum absolute atomic E-state index is 0. The van der Waals surface area contributed by atoms with Gasteiger partial charge in [0.2, 0.25) is 0 Å². The van der Waals surface area contributed by atoms with Crippen molar-refractivity contribution < 1.29 is 0 Å². The van der Waals surface area contributed by atoms with E-state index in [9.17, 15) is 0 Å². The number of nitrogens with zero attached hydrogens (tertiary/aromatic N) is 2. The Hall–Kier alpha value is -1.80. The van der Waals surface area contributed by atoms with Crippen molar-refractivity contribution in [3.63, 3.8) is 0 Å². The van der Waals surface area contributed by atoms with E-state index >= 15 is 0 Å². The molecule has 0 unspecified atom stereocenters. The van der Waals surface area contributed by atoms with Crippen LogP contribution in [0.1, 0.15) is 18.6 Å². The van der Waals surface area contributed by atoms with Crippen LogP contribution in [0.4, 0.5) is 0 Å². The first-order chi connectivity index (χ1) is 4.88. The molecule has 0 N–H and O–H groups in total. The van der Waals surface area contributed by atoms with E-state index < -0.39 is 0 Å². The lowest BCUT2D eigenvalue weighted by atomic mass is 10.1. The van der Waals surface area contributed by atoms with Crippen molar-refractivity contribution in [2.45, 2.75) is 7.43 Å². The number of hydrogen-bond donors (Lipinski definition) is 0. The first-order valence-corrected chi connectivity index (χ1v) is 2.77. The summed E-state index contributed by atoms with van der Waals surface area (Å²) < 4.78 is 0. The van der Waals surface area contributed by atoms with Gasteiger partial charge in [-0.1, -0.05) is 19.6 Å². The predicted octanol–water partition coefficient (Wildman–Crippen LogP) is 2.07. The van der Waals surface area contributed by atoms with E-state index in [1.807, 2.05) is 12.1 Å². The molecule has 1 aromatic carbocycles. The van der Waals surface area contributed by atoms with E-state index in [0.717, 1.165) is 0 Å². The first-order valence-electron chi connectivity index (χ1n) is 2.77. The van der Waals surface area contributed by atoms with Gasteiger partial charge in [-0.2, -0.15) is 10.5 Å². The quantitative estimate of drug-likeness (QED) is 0.559. The minimum Gasteiger partial charge on any atom is -0.192 e. The molecule has 0 aliphatic rings. The predicted molar refractivity (Wildman–Crippen MR) is 42.6 cm³/mol. The van der Waals surface area contributed by atoms with Crippen molar-refractivity contribution in [3.8, 4) is 12.1 Å². The molecule has 0 radical (unpaired) electrons. The summed E-state index contributed by atoms with van der Waals surface area (Å²) in [5, 5.41) is 16.9. The molecule has 0 heterocycles. The van der Waals surface area contributed by atoms with Crippen LogP contribution < -0.4 is 0 Å². The van der Waals surface area contributed by atoms with E-state index in [1.165, 1.54) is 0 Å². The molecule has 0 saturated carbocycles. The molecule has 0 atom stereocenters. The van der Waals surface area contributed by atoms with Crippen molar-refractivity contribution in [2.24, 2.45) is 0 Å². The smallest absolute Gasteiger partial charge is 0.101 e.